The maximum Gasteiger partial charge on any atom is 0.253 e. The molecule has 104 valence electrons. The van der Waals surface area contributed by atoms with Gasteiger partial charge in [-0.05, 0) is 25.5 Å². The molecule has 0 aliphatic carbocycles. The highest BCUT2D eigenvalue weighted by Crippen LogP contribution is 2.28. The molecule has 0 aromatic heterocycles. The number of carbonyl (C=O) groups excluding carboxylic acids is 1. The molecule has 1 amide bonds. The molecule has 4 nitrogen and oxygen atoms in total. The summed E-state index contributed by atoms with van der Waals surface area (Å²) in [5.41, 5.74) is 2.67. The van der Waals surface area contributed by atoms with Crippen molar-refractivity contribution in [3.63, 3.8) is 0 Å². The number of nitrogens with one attached hydrogen (secondary N) is 3. The minimum absolute atomic E-state index is 0.0108. The highest BCUT2D eigenvalue weighted by atomic mass is 16.1. The number of rotatable bonds is 5. The van der Waals surface area contributed by atoms with E-state index in [2.05, 4.69) is 29.8 Å². The zero-order chi connectivity index (χ0) is 13.7. The second kappa shape index (κ2) is 6.45. The van der Waals surface area contributed by atoms with Gasteiger partial charge >= 0.3 is 0 Å². The Hall–Kier alpha value is -1.71. The molecule has 1 heterocycles. The topological polar surface area (TPSA) is 53.2 Å². The van der Waals surface area contributed by atoms with E-state index in [9.17, 15) is 4.79 Å². The van der Waals surface area contributed by atoms with Crippen LogP contribution in [0.4, 0.5) is 11.4 Å². The van der Waals surface area contributed by atoms with Crippen molar-refractivity contribution in [1.29, 1.82) is 0 Å². The second-order valence-electron chi connectivity index (χ2n) is 5.10. The Morgan fingerprint density at radius 3 is 2.95 bits per heavy atom. The average Bonchev–Trinajstić information content (AvgIpc) is 2.44. The number of unbranched alkanes of at least 4 members (excludes halogenated alkanes) is 1. The van der Waals surface area contributed by atoms with E-state index in [4.69, 9.17) is 0 Å². The molecule has 0 spiro atoms. The van der Waals surface area contributed by atoms with Gasteiger partial charge < -0.3 is 16.0 Å². The number of fused-ring (bicyclic) bond motifs is 1. The lowest BCUT2D eigenvalue weighted by molar-refractivity contribution is 0.0939. The first kappa shape index (κ1) is 13.7. The Morgan fingerprint density at radius 2 is 2.16 bits per heavy atom. The summed E-state index contributed by atoms with van der Waals surface area (Å²) >= 11 is 0. The Morgan fingerprint density at radius 1 is 1.37 bits per heavy atom. The van der Waals surface area contributed by atoms with Crippen molar-refractivity contribution in [2.75, 3.05) is 23.7 Å². The molecule has 0 saturated carbocycles. The summed E-state index contributed by atoms with van der Waals surface area (Å²) in [6.07, 6.45) is 3.34. The van der Waals surface area contributed by atoms with Crippen LogP contribution in [-0.4, -0.2) is 25.0 Å². The van der Waals surface area contributed by atoms with Crippen molar-refractivity contribution in [3.8, 4) is 0 Å². The summed E-state index contributed by atoms with van der Waals surface area (Å²) in [7, 11) is 0. The lowest BCUT2D eigenvalue weighted by atomic mass is 10.1. The van der Waals surface area contributed by atoms with E-state index < -0.39 is 0 Å². The summed E-state index contributed by atoms with van der Waals surface area (Å²) in [6, 6.07) is 6.02. The average molecular weight is 261 g/mol. The first-order valence-electron chi connectivity index (χ1n) is 7.14. The Bertz CT molecular complexity index is 445. The maximum atomic E-state index is 12.3. The molecule has 1 unspecified atom stereocenters. The minimum Gasteiger partial charge on any atom is -0.382 e. The maximum absolute atomic E-state index is 12.3. The van der Waals surface area contributed by atoms with Crippen LogP contribution in [0.1, 0.15) is 43.5 Å². The van der Waals surface area contributed by atoms with Gasteiger partial charge in [0, 0.05) is 19.1 Å². The molecule has 2 rings (SSSR count). The van der Waals surface area contributed by atoms with E-state index in [1.165, 1.54) is 0 Å². The van der Waals surface area contributed by atoms with Gasteiger partial charge in [-0.1, -0.05) is 25.8 Å². The van der Waals surface area contributed by atoms with Gasteiger partial charge in [0.2, 0.25) is 0 Å². The van der Waals surface area contributed by atoms with Crippen molar-refractivity contribution < 1.29 is 4.79 Å². The van der Waals surface area contributed by atoms with E-state index in [-0.39, 0.29) is 11.9 Å². The summed E-state index contributed by atoms with van der Waals surface area (Å²) in [4.78, 5) is 12.3. The van der Waals surface area contributed by atoms with Gasteiger partial charge in [-0.3, -0.25) is 4.79 Å². The Labute approximate surface area is 115 Å². The molecule has 3 N–H and O–H groups in total. The minimum atomic E-state index is 0.0108. The van der Waals surface area contributed by atoms with Crippen LogP contribution in [0.2, 0.25) is 0 Å². The van der Waals surface area contributed by atoms with Crippen molar-refractivity contribution in [3.05, 3.63) is 23.8 Å². The first-order valence-corrected chi connectivity index (χ1v) is 7.14. The third-order valence-electron chi connectivity index (χ3n) is 3.42. The van der Waals surface area contributed by atoms with E-state index in [0.717, 1.165) is 49.3 Å². The fraction of sp³-hybridized carbons (Fsp3) is 0.533. The SMILES string of the molecule is CCCCC(C)NC(=O)c1cccc2c1NCCN2. The summed E-state index contributed by atoms with van der Waals surface area (Å²) in [5.74, 6) is 0.0108. The number of anilines is 2. The van der Waals surface area contributed by atoms with E-state index in [1.807, 2.05) is 18.2 Å². The van der Waals surface area contributed by atoms with E-state index >= 15 is 0 Å². The van der Waals surface area contributed by atoms with Crippen LogP contribution in [0.5, 0.6) is 0 Å². The molecule has 1 atom stereocenters. The fourth-order valence-electron chi connectivity index (χ4n) is 2.35. The zero-order valence-electron chi connectivity index (χ0n) is 11.8. The lowest BCUT2D eigenvalue weighted by Crippen LogP contribution is -2.33. The summed E-state index contributed by atoms with van der Waals surface area (Å²) in [6.45, 7) is 5.97. The number of amides is 1. The number of hydrogen-bond donors (Lipinski definition) is 3. The van der Waals surface area contributed by atoms with Crippen LogP contribution in [0.3, 0.4) is 0 Å². The standard InChI is InChI=1S/C15H23N3O/c1-3-4-6-11(2)18-15(19)12-7-5-8-13-14(12)17-10-9-16-13/h5,7-8,11,16-17H,3-4,6,9-10H2,1-2H3,(H,18,19). The van der Waals surface area contributed by atoms with Crippen LogP contribution >= 0.6 is 0 Å². The zero-order valence-corrected chi connectivity index (χ0v) is 11.8. The third-order valence-corrected chi connectivity index (χ3v) is 3.42. The predicted octanol–water partition coefficient (Wildman–Crippen LogP) is 2.83. The molecule has 1 aliphatic rings. The van der Waals surface area contributed by atoms with Gasteiger partial charge in [0.15, 0.2) is 0 Å². The van der Waals surface area contributed by atoms with Crippen molar-refractivity contribution in [2.24, 2.45) is 0 Å². The summed E-state index contributed by atoms with van der Waals surface area (Å²) < 4.78 is 0. The second-order valence-corrected chi connectivity index (χ2v) is 5.10. The quantitative estimate of drug-likeness (QED) is 0.764. The van der Waals surface area contributed by atoms with Crippen LogP contribution in [-0.2, 0) is 0 Å². The number of benzene rings is 1. The lowest BCUT2D eigenvalue weighted by Gasteiger charge is -2.23. The van der Waals surface area contributed by atoms with Crippen molar-refractivity contribution >= 4 is 17.3 Å². The van der Waals surface area contributed by atoms with Crippen LogP contribution < -0.4 is 16.0 Å². The fourth-order valence-corrected chi connectivity index (χ4v) is 2.35. The van der Waals surface area contributed by atoms with Crippen LogP contribution in [0.25, 0.3) is 0 Å². The van der Waals surface area contributed by atoms with Crippen LogP contribution in [0.15, 0.2) is 18.2 Å². The predicted molar refractivity (Wildman–Crippen MR) is 79.9 cm³/mol. The smallest absolute Gasteiger partial charge is 0.253 e. The number of para-hydroxylation sites is 1. The van der Waals surface area contributed by atoms with Gasteiger partial charge in [-0.15, -0.1) is 0 Å². The highest BCUT2D eigenvalue weighted by Gasteiger charge is 2.18. The van der Waals surface area contributed by atoms with Crippen LogP contribution in [0, 0.1) is 0 Å². The first-order chi connectivity index (χ1) is 9.22. The molecule has 1 aliphatic heterocycles. The van der Waals surface area contributed by atoms with Gasteiger partial charge in [-0.25, -0.2) is 0 Å². The van der Waals surface area contributed by atoms with Gasteiger partial charge in [-0.2, -0.15) is 0 Å². The third kappa shape index (κ3) is 3.40. The molecule has 0 bridgehead atoms. The number of carbonyl (C=O) groups is 1. The molecular weight excluding hydrogens is 238 g/mol. The highest BCUT2D eigenvalue weighted by molar-refractivity contribution is 6.02. The Balaban J connectivity index is 2.07. The molecule has 0 fully saturated rings. The van der Waals surface area contributed by atoms with Gasteiger partial charge in [0.25, 0.3) is 5.91 Å². The molecular formula is C15H23N3O. The van der Waals surface area contributed by atoms with Crippen molar-refractivity contribution in [2.45, 2.75) is 39.2 Å². The van der Waals surface area contributed by atoms with Gasteiger partial charge in [0.05, 0.1) is 16.9 Å². The van der Waals surface area contributed by atoms with E-state index in [1.54, 1.807) is 0 Å². The van der Waals surface area contributed by atoms with Gasteiger partial charge in [0.1, 0.15) is 0 Å². The monoisotopic (exact) mass is 261 g/mol. The molecule has 0 radical (unpaired) electrons. The molecule has 0 saturated heterocycles. The molecule has 1 aromatic carbocycles. The molecule has 19 heavy (non-hydrogen) atoms. The number of hydrogen-bond acceptors (Lipinski definition) is 3. The van der Waals surface area contributed by atoms with Crippen molar-refractivity contribution in [1.82, 2.24) is 5.32 Å². The summed E-state index contributed by atoms with van der Waals surface area (Å²) in [5, 5.41) is 9.68. The van der Waals surface area contributed by atoms with E-state index in [0.29, 0.717) is 0 Å². The molecule has 1 aromatic rings. The largest absolute Gasteiger partial charge is 0.382 e. The normalized spacial score (nSPS) is 14.8. The Kier molecular flexibility index (Phi) is 4.66. The molecule has 4 heteroatoms.